The van der Waals surface area contributed by atoms with E-state index in [1.807, 2.05) is 6.07 Å². The molecule has 0 aromatic carbocycles. The van der Waals surface area contributed by atoms with Crippen molar-refractivity contribution in [1.29, 1.82) is 5.26 Å². The van der Waals surface area contributed by atoms with E-state index in [1.54, 1.807) is 6.92 Å². The first kappa shape index (κ1) is 14.7. The number of nitrogens with zero attached hydrogens (tertiary/aromatic N) is 3. The lowest BCUT2D eigenvalue weighted by atomic mass is 10.0. The average Bonchev–Trinajstić information content (AvgIpc) is 2.75. The summed E-state index contributed by atoms with van der Waals surface area (Å²) in [5, 5.41) is 21.4. The van der Waals surface area contributed by atoms with Crippen LogP contribution in [0.2, 0.25) is 0 Å². The van der Waals surface area contributed by atoms with Crippen molar-refractivity contribution in [2.75, 3.05) is 6.54 Å². The Kier molecular flexibility index (Phi) is 4.27. The van der Waals surface area contributed by atoms with Gasteiger partial charge in [-0.1, -0.05) is 5.16 Å². The van der Waals surface area contributed by atoms with Crippen LogP contribution in [0.5, 0.6) is 0 Å². The molecular formula is C12H15N3O4. The first-order chi connectivity index (χ1) is 8.80. The third-order valence-corrected chi connectivity index (χ3v) is 2.74. The van der Waals surface area contributed by atoms with Crippen molar-refractivity contribution < 1.29 is 19.2 Å². The highest BCUT2D eigenvalue weighted by atomic mass is 16.5. The van der Waals surface area contributed by atoms with E-state index in [-0.39, 0.29) is 18.7 Å². The van der Waals surface area contributed by atoms with Crippen LogP contribution < -0.4 is 0 Å². The van der Waals surface area contributed by atoms with Crippen molar-refractivity contribution in [2.24, 2.45) is 0 Å². The maximum absolute atomic E-state index is 12.2. The number of carbonyl (C=O) groups is 2. The van der Waals surface area contributed by atoms with E-state index in [0.717, 1.165) is 4.90 Å². The largest absolute Gasteiger partial charge is 0.480 e. The molecule has 7 heteroatoms. The third-order valence-electron chi connectivity index (χ3n) is 2.74. The molecule has 0 saturated heterocycles. The minimum Gasteiger partial charge on any atom is -0.480 e. The van der Waals surface area contributed by atoms with Gasteiger partial charge in [-0.25, -0.2) is 4.79 Å². The van der Waals surface area contributed by atoms with Crippen molar-refractivity contribution in [1.82, 2.24) is 10.1 Å². The van der Waals surface area contributed by atoms with Crippen LogP contribution in [0.15, 0.2) is 10.6 Å². The van der Waals surface area contributed by atoms with Gasteiger partial charge in [0.25, 0.3) is 5.91 Å². The fourth-order valence-electron chi connectivity index (χ4n) is 1.52. The fourth-order valence-corrected chi connectivity index (χ4v) is 1.52. The molecule has 0 bridgehead atoms. The second kappa shape index (κ2) is 5.52. The molecule has 1 aromatic rings. The van der Waals surface area contributed by atoms with E-state index in [9.17, 15) is 14.7 Å². The van der Waals surface area contributed by atoms with Crippen molar-refractivity contribution in [3.05, 3.63) is 17.5 Å². The fraction of sp³-hybridized carbons (Fsp3) is 0.500. The van der Waals surface area contributed by atoms with E-state index in [2.05, 4.69) is 5.16 Å². The predicted molar refractivity (Wildman–Crippen MR) is 64.2 cm³/mol. The highest BCUT2D eigenvalue weighted by Gasteiger charge is 2.38. The summed E-state index contributed by atoms with van der Waals surface area (Å²) in [5.74, 6) is -1.27. The molecule has 0 aliphatic carbocycles. The lowest BCUT2D eigenvalue weighted by Crippen LogP contribution is -2.53. The molecule has 19 heavy (non-hydrogen) atoms. The number of amides is 1. The molecule has 0 unspecified atom stereocenters. The zero-order chi connectivity index (χ0) is 14.6. The molecule has 102 valence electrons. The molecule has 0 fully saturated rings. The van der Waals surface area contributed by atoms with Gasteiger partial charge in [-0.15, -0.1) is 0 Å². The van der Waals surface area contributed by atoms with Gasteiger partial charge in [0.15, 0.2) is 5.69 Å². The topological polar surface area (TPSA) is 107 Å². The second-order valence-corrected chi connectivity index (χ2v) is 4.55. The van der Waals surface area contributed by atoms with Crippen LogP contribution in [-0.4, -0.2) is 39.1 Å². The van der Waals surface area contributed by atoms with Crippen LogP contribution >= 0.6 is 0 Å². The zero-order valence-corrected chi connectivity index (χ0v) is 11.0. The third kappa shape index (κ3) is 3.10. The Bertz CT molecular complexity index is 527. The van der Waals surface area contributed by atoms with Crippen LogP contribution in [0, 0.1) is 18.3 Å². The quantitative estimate of drug-likeness (QED) is 0.857. The van der Waals surface area contributed by atoms with Gasteiger partial charge >= 0.3 is 5.97 Å². The summed E-state index contributed by atoms with van der Waals surface area (Å²) < 4.78 is 4.80. The minimum atomic E-state index is -1.43. The van der Waals surface area contributed by atoms with Crippen LogP contribution in [0.1, 0.15) is 36.5 Å². The summed E-state index contributed by atoms with van der Waals surface area (Å²) in [6, 6.07) is 3.32. The van der Waals surface area contributed by atoms with Crippen LogP contribution in [0.3, 0.4) is 0 Å². The van der Waals surface area contributed by atoms with Crippen molar-refractivity contribution in [3.8, 4) is 6.07 Å². The van der Waals surface area contributed by atoms with Crippen molar-refractivity contribution >= 4 is 11.9 Å². The number of nitriles is 1. The normalized spacial score (nSPS) is 10.8. The minimum absolute atomic E-state index is 0.0144. The van der Waals surface area contributed by atoms with Crippen LogP contribution in [0.25, 0.3) is 0 Å². The Balaban J connectivity index is 3.07. The van der Waals surface area contributed by atoms with E-state index in [0.29, 0.717) is 5.76 Å². The molecule has 1 N–H and O–H groups in total. The smallest absolute Gasteiger partial charge is 0.329 e. The monoisotopic (exact) mass is 265 g/mol. The SMILES string of the molecule is Cc1cc(C(=O)N(CCC#N)C(C)(C)C(=O)O)no1. The number of aliphatic carboxylic acids is 1. The van der Waals surface area contributed by atoms with E-state index < -0.39 is 17.4 Å². The molecule has 0 radical (unpaired) electrons. The van der Waals surface area contributed by atoms with Gasteiger partial charge < -0.3 is 14.5 Å². The molecule has 0 aliphatic rings. The Hall–Kier alpha value is -2.36. The van der Waals surface area contributed by atoms with Gasteiger partial charge in [0.05, 0.1) is 12.5 Å². The number of hydrogen-bond acceptors (Lipinski definition) is 5. The first-order valence-electron chi connectivity index (χ1n) is 5.66. The predicted octanol–water partition coefficient (Wildman–Crippen LogP) is 1.20. The highest BCUT2D eigenvalue weighted by molar-refractivity contribution is 5.96. The number of hydrogen-bond donors (Lipinski definition) is 1. The standard InChI is InChI=1S/C12H15N3O4/c1-8-7-9(14-19-8)10(16)15(6-4-5-13)12(2,3)11(17)18/h7H,4,6H2,1-3H3,(H,17,18). The molecule has 7 nitrogen and oxygen atoms in total. The molecule has 1 amide bonds. The highest BCUT2D eigenvalue weighted by Crippen LogP contribution is 2.19. The summed E-state index contributed by atoms with van der Waals surface area (Å²) in [6.45, 7) is 4.45. The Morgan fingerprint density at radius 3 is 2.63 bits per heavy atom. The number of rotatable bonds is 5. The molecule has 0 atom stereocenters. The Labute approximate surface area is 110 Å². The summed E-state index contributed by atoms with van der Waals surface area (Å²) >= 11 is 0. The summed E-state index contributed by atoms with van der Waals surface area (Å²) in [7, 11) is 0. The number of aryl methyl sites for hydroxylation is 1. The number of aromatic nitrogens is 1. The van der Waals surface area contributed by atoms with Gasteiger partial charge in [-0.05, 0) is 20.8 Å². The zero-order valence-electron chi connectivity index (χ0n) is 11.0. The van der Waals surface area contributed by atoms with Gasteiger partial charge in [0.2, 0.25) is 0 Å². The van der Waals surface area contributed by atoms with Crippen molar-refractivity contribution in [3.63, 3.8) is 0 Å². The summed E-state index contributed by atoms with van der Waals surface area (Å²) in [5.41, 5.74) is -1.40. The van der Waals surface area contributed by atoms with Gasteiger partial charge in [0, 0.05) is 12.6 Å². The van der Waals surface area contributed by atoms with Crippen LogP contribution in [0.4, 0.5) is 0 Å². The molecule has 0 spiro atoms. The molecule has 1 aromatic heterocycles. The molecule has 1 rings (SSSR count). The van der Waals surface area contributed by atoms with E-state index >= 15 is 0 Å². The maximum Gasteiger partial charge on any atom is 0.329 e. The molecule has 0 saturated carbocycles. The van der Waals surface area contributed by atoms with Gasteiger partial charge in [-0.2, -0.15) is 5.26 Å². The number of carbonyl (C=O) groups excluding carboxylic acids is 1. The first-order valence-corrected chi connectivity index (χ1v) is 5.66. The van der Waals surface area contributed by atoms with E-state index in [4.69, 9.17) is 9.78 Å². The Morgan fingerprint density at radius 1 is 1.58 bits per heavy atom. The number of carboxylic acid groups (broad SMARTS) is 1. The summed E-state index contributed by atoms with van der Waals surface area (Å²) in [6.07, 6.45) is 0.0410. The summed E-state index contributed by atoms with van der Waals surface area (Å²) in [4.78, 5) is 24.6. The molecule has 1 heterocycles. The van der Waals surface area contributed by atoms with Gasteiger partial charge in [0.1, 0.15) is 11.3 Å². The second-order valence-electron chi connectivity index (χ2n) is 4.55. The molecule has 0 aliphatic heterocycles. The van der Waals surface area contributed by atoms with Crippen LogP contribution in [-0.2, 0) is 4.79 Å². The average molecular weight is 265 g/mol. The molecular weight excluding hydrogens is 250 g/mol. The van der Waals surface area contributed by atoms with Gasteiger partial charge in [-0.3, -0.25) is 4.79 Å². The lowest BCUT2D eigenvalue weighted by molar-refractivity contribution is -0.147. The Morgan fingerprint density at radius 2 is 2.21 bits per heavy atom. The maximum atomic E-state index is 12.2. The van der Waals surface area contributed by atoms with Crippen molar-refractivity contribution in [2.45, 2.75) is 32.7 Å². The van der Waals surface area contributed by atoms with E-state index in [1.165, 1.54) is 19.9 Å². The number of carboxylic acids is 1. The lowest BCUT2D eigenvalue weighted by Gasteiger charge is -2.33.